The predicted octanol–water partition coefficient (Wildman–Crippen LogP) is 2.19. The summed E-state index contributed by atoms with van der Waals surface area (Å²) >= 11 is 0. The normalized spacial score (nSPS) is 13.2. The number of hydrogen-bond acceptors (Lipinski definition) is 7. The highest BCUT2D eigenvalue weighted by Crippen LogP contribution is 2.34. The fourth-order valence-corrected chi connectivity index (χ4v) is 2.69. The third-order valence-electron chi connectivity index (χ3n) is 4.16. The van der Waals surface area contributed by atoms with Crippen LogP contribution >= 0.6 is 0 Å². The zero-order valence-electron chi connectivity index (χ0n) is 16.2. The van der Waals surface area contributed by atoms with Crippen molar-refractivity contribution in [2.75, 3.05) is 34.5 Å². The summed E-state index contributed by atoms with van der Waals surface area (Å²) in [4.78, 5) is 0. The molecule has 0 aromatic heterocycles. The summed E-state index contributed by atoms with van der Waals surface area (Å²) in [5.74, 6) is 1.82. The highest BCUT2D eigenvalue weighted by Gasteiger charge is 2.24. The van der Waals surface area contributed by atoms with Crippen molar-refractivity contribution in [1.82, 2.24) is 0 Å². The van der Waals surface area contributed by atoms with Crippen LogP contribution in [0.1, 0.15) is 17.2 Å². The summed E-state index contributed by atoms with van der Waals surface area (Å²) in [5, 5.41) is 29.3. The number of rotatable bonds is 10. The van der Waals surface area contributed by atoms with E-state index in [2.05, 4.69) is 0 Å². The first kappa shape index (κ1) is 21.6. The largest absolute Gasteiger partial charge is 0.493 e. The average molecular weight is 390 g/mol. The van der Waals surface area contributed by atoms with E-state index in [0.29, 0.717) is 28.6 Å². The maximum absolute atomic E-state index is 10.7. The molecule has 0 aliphatic rings. The van der Waals surface area contributed by atoms with Crippen LogP contribution in [-0.2, 0) is 0 Å². The number of aliphatic hydroxyl groups is 3. The quantitative estimate of drug-likeness (QED) is 0.572. The molecule has 2 aromatic rings. The second-order valence-electron chi connectivity index (χ2n) is 5.89. The molecule has 0 radical (unpaired) electrons. The molecule has 2 aromatic carbocycles. The highest BCUT2D eigenvalue weighted by atomic mass is 16.5. The van der Waals surface area contributed by atoms with E-state index in [1.54, 1.807) is 48.6 Å². The second-order valence-corrected chi connectivity index (χ2v) is 5.89. The summed E-state index contributed by atoms with van der Waals surface area (Å²) in [5.41, 5.74) is 1.33. The van der Waals surface area contributed by atoms with Gasteiger partial charge in [-0.2, -0.15) is 0 Å². The molecule has 0 saturated carbocycles. The fraction of sp³-hybridized carbons (Fsp3) is 0.333. The Bertz CT molecular complexity index is 788. The van der Waals surface area contributed by atoms with Crippen molar-refractivity contribution in [2.45, 2.75) is 12.2 Å². The lowest BCUT2D eigenvalue weighted by Crippen LogP contribution is -2.29. The lowest BCUT2D eigenvalue weighted by atomic mass is 10.0. The van der Waals surface area contributed by atoms with E-state index in [9.17, 15) is 10.2 Å². The average Bonchev–Trinajstić information content (AvgIpc) is 2.75. The Morgan fingerprint density at radius 1 is 0.857 bits per heavy atom. The zero-order valence-corrected chi connectivity index (χ0v) is 16.2. The van der Waals surface area contributed by atoms with Crippen molar-refractivity contribution in [1.29, 1.82) is 0 Å². The van der Waals surface area contributed by atoms with Crippen molar-refractivity contribution in [3.63, 3.8) is 0 Å². The molecule has 0 saturated heterocycles. The smallest absolute Gasteiger partial charge is 0.161 e. The molecule has 0 spiro atoms. The third kappa shape index (κ3) is 5.16. The topological polar surface area (TPSA) is 97.6 Å². The van der Waals surface area contributed by atoms with Crippen molar-refractivity contribution in [2.24, 2.45) is 0 Å². The summed E-state index contributed by atoms with van der Waals surface area (Å²) in [6.07, 6.45) is 1.32. The number of aliphatic hydroxyl groups excluding tert-OH is 3. The first-order valence-corrected chi connectivity index (χ1v) is 8.70. The first-order valence-electron chi connectivity index (χ1n) is 8.70. The molecule has 0 amide bonds. The van der Waals surface area contributed by atoms with Crippen molar-refractivity contribution in [3.05, 3.63) is 53.6 Å². The van der Waals surface area contributed by atoms with Crippen molar-refractivity contribution < 1.29 is 34.3 Å². The van der Waals surface area contributed by atoms with Gasteiger partial charge in [-0.15, -0.1) is 0 Å². The van der Waals surface area contributed by atoms with Crippen molar-refractivity contribution in [3.8, 4) is 23.0 Å². The lowest BCUT2D eigenvalue weighted by molar-refractivity contribution is -0.000517. The maximum atomic E-state index is 10.7. The van der Waals surface area contributed by atoms with Crippen LogP contribution in [0.15, 0.2) is 42.5 Å². The van der Waals surface area contributed by atoms with Gasteiger partial charge in [0, 0.05) is 0 Å². The van der Waals surface area contributed by atoms with Crippen LogP contribution in [0.3, 0.4) is 0 Å². The molecule has 0 bridgehead atoms. The molecule has 7 heteroatoms. The SMILES string of the molecule is COc1ccc([C@@H](O)[C@H](CO)Oc2ccc(/C=C\CO)cc2OC)cc1OC. The van der Waals surface area contributed by atoms with E-state index >= 15 is 0 Å². The monoisotopic (exact) mass is 390 g/mol. The van der Waals surface area contributed by atoms with E-state index < -0.39 is 18.8 Å². The molecule has 0 unspecified atom stereocenters. The van der Waals surface area contributed by atoms with Gasteiger partial charge in [-0.25, -0.2) is 0 Å². The van der Waals surface area contributed by atoms with E-state index in [1.807, 2.05) is 0 Å². The van der Waals surface area contributed by atoms with Crippen LogP contribution in [0, 0.1) is 0 Å². The molecule has 0 heterocycles. The van der Waals surface area contributed by atoms with Crippen LogP contribution in [0.25, 0.3) is 6.08 Å². The minimum Gasteiger partial charge on any atom is -0.493 e. The Labute approximate surface area is 164 Å². The Balaban J connectivity index is 2.25. The van der Waals surface area contributed by atoms with Crippen LogP contribution in [-0.4, -0.2) is 56.0 Å². The minimum atomic E-state index is -1.11. The number of benzene rings is 2. The molecule has 0 aliphatic carbocycles. The van der Waals surface area contributed by atoms with Crippen LogP contribution < -0.4 is 18.9 Å². The van der Waals surface area contributed by atoms with Gasteiger partial charge < -0.3 is 34.3 Å². The summed E-state index contributed by atoms with van der Waals surface area (Å²) in [6, 6.07) is 10.2. The molecule has 0 fully saturated rings. The van der Waals surface area contributed by atoms with Gasteiger partial charge >= 0.3 is 0 Å². The molecular formula is C21H26O7. The molecule has 7 nitrogen and oxygen atoms in total. The lowest BCUT2D eigenvalue weighted by Gasteiger charge is -2.24. The molecule has 0 aliphatic heterocycles. The van der Waals surface area contributed by atoms with E-state index in [4.69, 9.17) is 24.1 Å². The Morgan fingerprint density at radius 3 is 2.11 bits per heavy atom. The van der Waals surface area contributed by atoms with E-state index in [-0.39, 0.29) is 6.61 Å². The van der Waals surface area contributed by atoms with Gasteiger partial charge in [0.05, 0.1) is 34.5 Å². The van der Waals surface area contributed by atoms with Crippen LogP contribution in [0.5, 0.6) is 23.0 Å². The number of hydrogen-bond donors (Lipinski definition) is 3. The third-order valence-corrected chi connectivity index (χ3v) is 4.16. The van der Waals surface area contributed by atoms with Gasteiger partial charge in [-0.05, 0) is 35.4 Å². The van der Waals surface area contributed by atoms with Crippen LogP contribution in [0.2, 0.25) is 0 Å². The van der Waals surface area contributed by atoms with E-state index in [1.165, 1.54) is 21.3 Å². The van der Waals surface area contributed by atoms with Gasteiger partial charge in [0.2, 0.25) is 0 Å². The highest BCUT2D eigenvalue weighted by molar-refractivity contribution is 5.56. The molecule has 28 heavy (non-hydrogen) atoms. The standard InChI is InChI=1S/C21H26O7/c1-25-16-9-7-15(12-19(16)27-3)21(24)20(13-23)28-17-8-6-14(5-4-10-22)11-18(17)26-2/h4-9,11-12,20-24H,10,13H2,1-3H3/b5-4-/t20-,21+/m0/s1. The molecule has 3 N–H and O–H groups in total. The Kier molecular flexibility index (Phi) is 8.13. The summed E-state index contributed by atoms with van der Waals surface area (Å²) < 4.78 is 21.6. The predicted molar refractivity (Wildman–Crippen MR) is 105 cm³/mol. The second kappa shape index (κ2) is 10.6. The first-order chi connectivity index (χ1) is 13.6. The number of methoxy groups -OCH3 is 3. The van der Waals surface area contributed by atoms with Crippen LogP contribution in [0.4, 0.5) is 0 Å². The van der Waals surface area contributed by atoms with E-state index in [0.717, 1.165) is 5.56 Å². The minimum absolute atomic E-state index is 0.0648. The summed E-state index contributed by atoms with van der Waals surface area (Å²) in [7, 11) is 4.53. The van der Waals surface area contributed by atoms with Gasteiger partial charge in [-0.1, -0.05) is 24.3 Å². The van der Waals surface area contributed by atoms with Gasteiger partial charge in [0.15, 0.2) is 29.1 Å². The van der Waals surface area contributed by atoms with Gasteiger partial charge in [-0.3, -0.25) is 0 Å². The number of ether oxygens (including phenoxy) is 4. The Hall–Kier alpha value is -2.74. The molecule has 2 atom stereocenters. The molecule has 152 valence electrons. The summed E-state index contributed by atoms with van der Waals surface area (Å²) in [6.45, 7) is -0.477. The van der Waals surface area contributed by atoms with Gasteiger partial charge in [0.1, 0.15) is 6.10 Å². The van der Waals surface area contributed by atoms with Gasteiger partial charge in [0.25, 0.3) is 0 Å². The maximum Gasteiger partial charge on any atom is 0.161 e. The molecule has 2 rings (SSSR count). The van der Waals surface area contributed by atoms with Crippen molar-refractivity contribution >= 4 is 6.08 Å². The zero-order chi connectivity index (χ0) is 20.5. The Morgan fingerprint density at radius 2 is 1.50 bits per heavy atom. The fourth-order valence-electron chi connectivity index (χ4n) is 2.69. The molecular weight excluding hydrogens is 364 g/mol.